The first-order valence-corrected chi connectivity index (χ1v) is 8.38. The van der Waals surface area contributed by atoms with Crippen molar-refractivity contribution in [2.24, 2.45) is 0 Å². The number of hydrogen-bond donors (Lipinski definition) is 1. The Bertz CT molecular complexity index is 984. The van der Waals surface area contributed by atoms with Crippen LogP contribution in [0.2, 0.25) is 0 Å². The van der Waals surface area contributed by atoms with Gasteiger partial charge in [0.2, 0.25) is 0 Å². The summed E-state index contributed by atoms with van der Waals surface area (Å²) in [7, 11) is -3.87. The van der Waals surface area contributed by atoms with Crippen molar-refractivity contribution in [3.05, 3.63) is 60.9 Å². The van der Waals surface area contributed by atoms with Crippen LogP contribution in [0.3, 0.4) is 0 Å². The third-order valence-electron chi connectivity index (χ3n) is 3.21. The minimum Gasteiger partial charge on any atom is -0.295 e. The number of carbonyl (C=O) groups excluding carboxylic acids is 1. The number of nitrogens with zero attached hydrogens (tertiary/aromatic N) is 4. The van der Waals surface area contributed by atoms with Crippen LogP contribution < -0.4 is 4.72 Å². The second-order valence-corrected chi connectivity index (χ2v) is 6.60. The second-order valence-electron chi connectivity index (χ2n) is 4.92. The highest BCUT2D eigenvalue weighted by Crippen LogP contribution is 2.17. The van der Waals surface area contributed by atoms with E-state index in [1.807, 2.05) is 0 Å². The van der Waals surface area contributed by atoms with E-state index >= 15 is 0 Å². The van der Waals surface area contributed by atoms with E-state index in [1.165, 1.54) is 43.8 Å². The molecule has 0 bridgehead atoms. The van der Waals surface area contributed by atoms with Gasteiger partial charge in [0.15, 0.2) is 5.78 Å². The fraction of sp³-hybridized carbons (Fsp3) is 0.0667. The number of aromatic nitrogens is 4. The second kappa shape index (κ2) is 6.20. The minimum atomic E-state index is -3.87. The summed E-state index contributed by atoms with van der Waals surface area (Å²) in [6, 6.07) is 7.29. The van der Waals surface area contributed by atoms with E-state index in [1.54, 1.807) is 23.0 Å². The topological polar surface area (TPSA) is 107 Å². The molecule has 1 N–H and O–H groups in total. The number of benzene rings is 1. The van der Waals surface area contributed by atoms with Crippen LogP contribution in [0.15, 0.2) is 60.3 Å². The molecular weight excluding hydrogens is 330 g/mol. The highest BCUT2D eigenvalue weighted by Gasteiger charge is 2.16. The largest absolute Gasteiger partial charge is 0.295 e. The van der Waals surface area contributed by atoms with Crippen molar-refractivity contribution in [1.82, 2.24) is 19.5 Å². The third kappa shape index (κ3) is 3.30. The Balaban J connectivity index is 1.91. The summed E-state index contributed by atoms with van der Waals surface area (Å²) in [6.45, 7) is 1.38. The van der Waals surface area contributed by atoms with Crippen LogP contribution >= 0.6 is 0 Å². The van der Waals surface area contributed by atoms with Gasteiger partial charge in [-0.05, 0) is 19.1 Å². The first-order valence-electron chi connectivity index (χ1n) is 6.90. The van der Waals surface area contributed by atoms with Gasteiger partial charge in [0.25, 0.3) is 10.0 Å². The van der Waals surface area contributed by atoms with Gasteiger partial charge in [0.1, 0.15) is 24.3 Å². The summed E-state index contributed by atoms with van der Waals surface area (Å²) in [4.78, 5) is 23.3. The number of Topliss-reactive ketones (excluding diaryl/α,β-unsaturated/α-hetero) is 1. The standard InChI is InChI=1S/C15H13N5O3S/c1-11(21)12-3-2-4-13(7-12)24(22,23)19-14-8-15(18-9-17-14)20-6-5-16-10-20/h2-10H,1H3,(H,17,18,19). The first-order chi connectivity index (χ1) is 11.5. The lowest BCUT2D eigenvalue weighted by atomic mass is 10.2. The molecular formula is C15H13N5O3S. The van der Waals surface area contributed by atoms with Crippen molar-refractivity contribution in [2.75, 3.05) is 4.72 Å². The fourth-order valence-corrected chi connectivity index (χ4v) is 3.06. The summed E-state index contributed by atoms with van der Waals surface area (Å²) >= 11 is 0. The normalized spacial score (nSPS) is 11.2. The van der Waals surface area contributed by atoms with Crippen molar-refractivity contribution in [3.8, 4) is 5.82 Å². The van der Waals surface area contributed by atoms with Gasteiger partial charge in [-0.25, -0.2) is 23.4 Å². The van der Waals surface area contributed by atoms with E-state index < -0.39 is 10.0 Å². The molecule has 9 heteroatoms. The van der Waals surface area contributed by atoms with Gasteiger partial charge in [0, 0.05) is 24.0 Å². The number of hydrogen-bond acceptors (Lipinski definition) is 6. The molecule has 2 aromatic heterocycles. The molecule has 0 saturated heterocycles. The lowest BCUT2D eigenvalue weighted by Crippen LogP contribution is -2.15. The first kappa shape index (κ1) is 15.8. The zero-order chi connectivity index (χ0) is 17.2. The zero-order valence-corrected chi connectivity index (χ0v) is 13.4. The molecule has 122 valence electrons. The van der Waals surface area contributed by atoms with Crippen LogP contribution in [-0.2, 0) is 10.0 Å². The fourth-order valence-electron chi connectivity index (χ4n) is 2.02. The van der Waals surface area contributed by atoms with Crippen molar-refractivity contribution in [1.29, 1.82) is 0 Å². The molecule has 2 heterocycles. The number of imidazole rings is 1. The van der Waals surface area contributed by atoms with E-state index in [2.05, 4.69) is 19.7 Å². The van der Waals surface area contributed by atoms with Crippen molar-refractivity contribution in [3.63, 3.8) is 0 Å². The summed E-state index contributed by atoms with van der Waals surface area (Å²) in [5.74, 6) is 0.371. The molecule has 0 unspecified atom stereocenters. The maximum absolute atomic E-state index is 12.5. The maximum atomic E-state index is 12.5. The quantitative estimate of drug-likeness (QED) is 0.706. The van der Waals surface area contributed by atoms with Gasteiger partial charge in [-0.15, -0.1) is 0 Å². The monoisotopic (exact) mass is 343 g/mol. The maximum Gasteiger partial charge on any atom is 0.263 e. The highest BCUT2D eigenvalue weighted by atomic mass is 32.2. The molecule has 0 radical (unpaired) electrons. The van der Waals surface area contributed by atoms with Gasteiger partial charge < -0.3 is 0 Å². The lowest BCUT2D eigenvalue weighted by Gasteiger charge is -2.09. The van der Waals surface area contributed by atoms with Gasteiger partial charge in [-0.2, -0.15) is 0 Å². The van der Waals surface area contributed by atoms with Crippen LogP contribution in [0.25, 0.3) is 5.82 Å². The van der Waals surface area contributed by atoms with Gasteiger partial charge in [-0.3, -0.25) is 14.1 Å². The van der Waals surface area contributed by atoms with E-state index in [9.17, 15) is 13.2 Å². The molecule has 0 aliphatic rings. The molecule has 0 atom stereocenters. The van der Waals surface area contributed by atoms with Crippen molar-refractivity contribution < 1.29 is 13.2 Å². The molecule has 0 aliphatic heterocycles. The molecule has 3 rings (SSSR count). The molecule has 24 heavy (non-hydrogen) atoms. The number of anilines is 1. The zero-order valence-electron chi connectivity index (χ0n) is 12.6. The molecule has 3 aromatic rings. The number of nitrogens with one attached hydrogen (secondary N) is 1. The lowest BCUT2D eigenvalue weighted by molar-refractivity contribution is 0.101. The Kier molecular flexibility index (Phi) is 4.09. The number of sulfonamides is 1. The summed E-state index contributed by atoms with van der Waals surface area (Å²) in [6.07, 6.45) is 6.05. The molecule has 0 spiro atoms. The highest BCUT2D eigenvalue weighted by molar-refractivity contribution is 7.92. The molecule has 0 aliphatic carbocycles. The van der Waals surface area contributed by atoms with Crippen molar-refractivity contribution in [2.45, 2.75) is 11.8 Å². The Morgan fingerprint density at radius 2 is 2.04 bits per heavy atom. The molecule has 0 fully saturated rings. The van der Waals surface area contributed by atoms with Gasteiger partial charge in [-0.1, -0.05) is 12.1 Å². The molecule has 8 nitrogen and oxygen atoms in total. The summed E-state index contributed by atoms with van der Waals surface area (Å²) in [5, 5.41) is 0. The molecule has 0 amide bonds. The Morgan fingerprint density at radius 3 is 2.75 bits per heavy atom. The summed E-state index contributed by atoms with van der Waals surface area (Å²) < 4.78 is 28.9. The summed E-state index contributed by atoms with van der Waals surface area (Å²) in [5.41, 5.74) is 0.319. The van der Waals surface area contributed by atoms with E-state index in [0.717, 1.165) is 0 Å². The Hall–Kier alpha value is -3.07. The number of ketones is 1. The number of carbonyl (C=O) groups is 1. The number of rotatable bonds is 5. The predicted octanol–water partition coefficient (Wildman–Crippen LogP) is 1.67. The van der Waals surface area contributed by atoms with E-state index in [0.29, 0.717) is 11.4 Å². The molecule has 1 aromatic carbocycles. The molecule has 0 saturated carbocycles. The van der Waals surface area contributed by atoms with Crippen LogP contribution in [0.5, 0.6) is 0 Å². The van der Waals surface area contributed by atoms with Gasteiger partial charge >= 0.3 is 0 Å². The van der Waals surface area contributed by atoms with Crippen molar-refractivity contribution >= 4 is 21.6 Å². The smallest absolute Gasteiger partial charge is 0.263 e. The van der Waals surface area contributed by atoms with Crippen LogP contribution in [0.1, 0.15) is 17.3 Å². The van der Waals surface area contributed by atoms with Crippen LogP contribution in [-0.4, -0.2) is 33.7 Å². The average molecular weight is 343 g/mol. The predicted molar refractivity (Wildman–Crippen MR) is 86.4 cm³/mol. The van der Waals surface area contributed by atoms with Crippen LogP contribution in [0, 0.1) is 0 Å². The van der Waals surface area contributed by atoms with Gasteiger partial charge in [0.05, 0.1) is 4.90 Å². The van der Waals surface area contributed by atoms with E-state index in [4.69, 9.17) is 0 Å². The average Bonchev–Trinajstić information content (AvgIpc) is 3.09. The van der Waals surface area contributed by atoms with E-state index in [-0.39, 0.29) is 16.5 Å². The Labute approximate surface area is 138 Å². The SMILES string of the molecule is CC(=O)c1cccc(S(=O)(=O)Nc2cc(-n3ccnc3)ncn2)c1. The van der Waals surface area contributed by atoms with Crippen LogP contribution in [0.4, 0.5) is 5.82 Å². The minimum absolute atomic E-state index is 0.0157. The Morgan fingerprint density at radius 1 is 1.21 bits per heavy atom. The third-order valence-corrected chi connectivity index (χ3v) is 4.56.